The van der Waals surface area contributed by atoms with Crippen molar-refractivity contribution in [2.24, 2.45) is 0 Å². The lowest BCUT2D eigenvalue weighted by Crippen LogP contribution is -2.44. The maximum Gasteiger partial charge on any atom is 0.306 e. The number of aliphatic carboxylic acids is 1. The van der Waals surface area contributed by atoms with Crippen LogP contribution in [-0.4, -0.2) is 82.3 Å². The predicted octanol–water partition coefficient (Wildman–Crippen LogP) is 19.6. The van der Waals surface area contributed by atoms with Gasteiger partial charge in [-0.25, -0.2) is 0 Å². The van der Waals surface area contributed by atoms with E-state index in [1.165, 1.54) is 83.5 Å². The Balaban J connectivity index is 4.12. The maximum absolute atomic E-state index is 12.9. The molecule has 2 atom stereocenters. The first-order chi connectivity index (χ1) is 41.6. The molecule has 9 heteroatoms. The van der Waals surface area contributed by atoms with E-state index in [1.54, 1.807) is 0 Å². The molecular formula is C76H123NO8. The van der Waals surface area contributed by atoms with Crippen molar-refractivity contribution >= 4 is 17.9 Å². The zero-order chi connectivity index (χ0) is 61.9. The summed E-state index contributed by atoms with van der Waals surface area (Å²) < 4.78 is 22.7. The van der Waals surface area contributed by atoms with Crippen LogP contribution < -0.4 is 5.11 Å². The van der Waals surface area contributed by atoms with Gasteiger partial charge in [-0.1, -0.05) is 268 Å². The summed E-state index contributed by atoms with van der Waals surface area (Å²) in [5.41, 5.74) is 0. The molecule has 0 saturated heterocycles. The molecule has 0 heterocycles. The predicted molar refractivity (Wildman–Crippen MR) is 361 cm³/mol. The SMILES string of the molecule is CC/C=C\C/C=C\C/C=C\C/C=C\C/C=C\C/C=C\C/C=C\C/C=C\CCCCCCCCCCCCCCCCCCC(=O)OC(COC(=O)CCCCC/C=C\C/C=C\C/C=C\C/C=C\C/C=C\CC)COC(OCC[N+](C)(C)C)C(=O)[O-]. The Morgan fingerprint density at radius 1 is 0.353 bits per heavy atom. The second-order valence-electron chi connectivity index (χ2n) is 23.0. The molecule has 0 spiro atoms. The van der Waals surface area contributed by atoms with E-state index >= 15 is 0 Å². The molecule has 0 aliphatic heterocycles. The molecule has 0 aromatic carbocycles. The normalized spacial score (nSPS) is 13.8. The van der Waals surface area contributed by atoms with Gasteiger partial charge in [0, 0.05) is 12.8 Å². The number of likely N-dealkylation sites (N-methyl/N-ethyl adjacent to an activating group) is 1. The minimum absolute atomic E-state index is 0.135. The van der Waals surface area contributed by atoms with Gasteiger partial charge in [-0.05, 0) is 122 Å². The molecule has 480 valence electrons. The Kier molecular flexibility index (Phi) is 61.0. The van der Waals surface area contributed by atoms with E-state index in [1.807, 2.05) is 21.1 Å². The minimum Gasteiger partial charge on any atom is -0.545 e. The number of unbranched alkanes of at least 4 members (excludes halogenated alkanes) is 19. The lowest BCUT2D eigenvalue weighted by atomic mass is 10.0. The van der Waals surface area contributed by atoms with E-state index < -0.39 is 30.3 Å². The number of carboxylic acid groups (broad SMARTS) is 1. The number of allylic oxidation sites excluding steroid dienone is 26. The number of ether oxygens (including phenoxy) is 4. The van der Waals surface area contributed by atoms with E-state index in [2.05, 4.69) is 172 Å². The molecule has 0 rings (SSSR count). The number of rotatable bonds is 60. The van der Waals surface area contributed by atoms with E-state index in [9.17, 15) is 19.5 Å². The molecular weight excluding hydrogens is 1050 g/mol. The molecule has 0 bridgehead atoms. The summed E-state index contributed by atoms with van der Waals surface area (Å²) in [6, 6.07) is 0. The van der Waals surface area contributed by atoms with Crippen LogP contribution in [0, 0.1) is 0 Å². The van der Waals surface area contributed by atoms with Crippen molar-refractivity contribution in [3.63, 3.8) is 0 Å². The van der Waals surface area contributed by atoms with Crippen molar-refractivity contribution in [2.45, 2.75) is 257 Å². The monoisotopic (exact) mass is 1180 g/mol. The Morgan fingerprint density at radius 2 is 0.635 bits per heavy atom. The van der Waals surface area contributed by atoms with Crippen molar-refractivity contribution in [2.75, 3.05) is 47.5 Å². The second-order valence-corrected chi connectivity index (χ2v) is 23.0. The van der Waals surface area contributed by atoms with Gasteiger partial charge < -0.3 is 33.3 Å². The first kappa shape index (κ1) is 79.9. The highest BCUT2D eigenvalue weighted by molar-refractivity contribution is 5.70. The van der Waals surface area contributed by atoms with Crippen LogP contribution in [0.25, 0.3) is 0 Å². The van der Waals surface area contributed by atoms with Gasteiger partial charge in [0.1, 0.15) is 13.2 Å². The van der Waals surface area contributed by atoms with Gasteiger partial charge in [0.05, 0.1) is 40.3 Å². The molecule has 0 saturated carbocycles. The molecule has 0 aliphatic rings. The molecule has 0 aliphatic carbocycles. The Hall–Kier alpha value is -5.09. The number of carbonyl (C=O) groups excluding carboxylic acids is 3. The quantitative estimate of drug-likeness (QED) is 0.0195. The molecule has 0 N–H and O–H groups in total. The lowest BCUT2D eigenvalue weighted by Gasteiger charge is -2.26. The van der Waals surface area contributed by atoms with Crippen LogP contribution in [0.3, 0.4) is 0 Å². The summed E-state index contributed by atoms with van der Waals surface area (Å²) in [6.07, 6.45) is 93.2. The summed E-state index contributed by atoms with van der Waals surface area (Å²) in [4.78, 5) is 37.4. The standard InChI is InChI=1S/C76H123NO8/c1-6-8-10-12-14-16-18-20-22-24-26-27-28-29-30-31-32-33-34-35-36-37-38-39-40-41-42-43-44-45-46-47-49-51-53-55-57-59-61-63-65-67-74(79)85-72(71-84-76(75(80)81)82-69-68-77(3,4)5)70-83-73(78)66-64-62-60-58-56-54-52-50-48-25-23-21-19-17-15-13-11-9-7-2/h8-11,14-17,20-23,26-27,29-30,32-33,35-36,38-39,48,50,54,56,72,76H,6-7,12-13,18-19,24-25,28,31,34,37,40-47,49,51-53,55,57-71H2,1-5H3/b10-8-,11-9-,16-14-,17-15-,22-20-,23-21-,27-26-,30-29-,33-32-,36-35-,39-38-,50-48-,56-54-. The number of hydrogen-bond donors (Lipinski definition) is 0. The van der Waals surface area contributed by atoms with Crippen LogP contribution in [0.5, 0.6) is 0 Å². The number of carboxylic acids is 1. The van der Waals surface area contributed by atoms with E-state index in [0.717, 1.165) is 122 Å². The highest BCUT2D eigenvalue weighted by atomic mass is 16.7. The summed E-state index contributed by atoms with van der Waals surface area (Å²) >= 11 is 0. The van der Waals surface area contributed by atoms with Gasteiger partial charge in [0.2, 0.25) is 0 Å². The van der Waals surface area contributed by atoms with Gasteiger partial charge >= 0.3 is 11.9 Å². The van der Waals surface area contributed by atoms with Crippen LogP contribution >= 0.6 is 0 Å². The van der Waals surface area contributed by atoms with Gasteiger partial charge in [-0.15, -0.1) is 0 Å². The van der Waals surface area contributed by atoms with Gasteiger partial charge in [0.25, 0.3) is 0 Å². The van der Waals surface area contributed by atoms with Crippen molar-refractivity contribution in [3.05, 3.63) is 158 Å². The van der Waals surface area contributed by atoms with Gasteiger partial charge in [-0.3, -0.25) is 9.59 Å². The van der Waals surface area contributed by atoms with Crippen LogP contribution in [0.4, 0.5) is 0 Å². The zero-order valence-corrected chi connectivity index (χ0v) is 54.7. The number of hydrogen-bond acceptors (Lipinski definition) is 8. The van der Waals surface area contributed by atoms with Crippen molar-refractivity contribution in [1.82, 2.24) is 0 Å². The number of nitrogens with zero attached hydrogens (tertiary/aromatic N) is 1. The van der Waals surface area contributed by atoms with Crippen molar-refractivity contribution in [3.8, 4) is 0 Å². The number of quaternary nitrogens is 1. The molecule has 9 nitrogen and oxygen atoms in total. The summed E-state index contributed by atoms with van der Waals surface area (Å²) in [6.45, 7) is 4.47. The van der Waals surface area contributed by atoms with E-state index in [0.29, 0.717) is 23.9 Å². The summed E-state index contributed by atoms with van der Waals surface area (Å²) in [5, 5.41) is 11.8. The second kappa shape index (κ2) is 64.9. The average molecular weight is 1180 g/mol. The maximum atomic E-state index is 12.9. The smallest absolute Gasteiger partial charge is 0.306 e. The third-order valence-corrected chi connectivity index (χ3v) is 13.8. The summed E-state index contributed by atoms with van der Waals surface area (Å²) in [7, 11) is 5.91. The molecule has 0 amide bonds. The van der Waals surface area contributed by atoms with Crippen LogP contribution in [0.1, 0.15) is 245 Å². The fourth-order valence-corrected chi connectivity index (χ4v) is 8.70. The molecule has 0 fully saturated rings. The molecule has 2 unspecified atom stereocenters. The van der Waals surface area contributed by atoms with E-state index in [-0.39, 0.29) is 32.7 Å². The van der Waals surface area contributed by atoms with E-state index in [4.69, 9.17) is 18.9 Å². The molecule has 0 aromatic rings. The molecule has 85 heavy (non-hydrogen) atoms. The van der Waals surface area contributed by atoms with Gasteiger partial charge in [0.15, 0.2) is 12.4 Å². The fourth-order valence-electron chi connectivity index (χ4n) is 8.70. The van der Waals surface area contributed by atoms with Crippen LogP contribution in [0.15, 0.2) is 158 Å². The number of carbonyl (C=O) groups is 3. The van der Waals surface area contributed by atoms with Crippen LogP contribution in [0.2, 0.25) is 0 Å². The Bertz CT molecular complexity index is 1950. The highest BCUT2D eigenvalue weighted by Gasteiger charge is 2.22. The zero-order valence-electron chi connectivity index (χ0n) is 54.7. The highest BCUT2D eigenvalue weighted by Crippen LogP contribution is 2.16. The van der Waals surface area contributed by atoms with Crippen molar-refractivity contribution in [1.29, 1.82) is 0 Å². The molecule has 0 aromatic heterocycles. The van der Waals surface area contributed by atoms with Crippen LogP contribution in [-0.2, 0) is 33.3 Å². The average Bonchev–Trinajstić information content (AvgIpc) is 3.49. The summed E-state index contributed by atoms with van der Waals surface area (Å²) in [5.74, 6) is -2.34. The Labute approximate surface area is 521 Å². The third kappa shape index (κ3) is 66.3. The number of esters is 2. The largest absolute Gasteiger partial charge is 0.545 e. The van der Waals surface area contributed by atoms with Gasteiger partial charge in [-0.2, -0.15) is 0 Å². The molecule has 0 radical (unpaired) electrons. The first-order valence-electron chi connectivity index (χ1n) is 33.6. The third-order valence-electron chi connectivity index (χ3n) is 13.8. The fraction of sp³-hybridized carbons (Fsp3) is 0.618. The lowest BCUT2D eigenvalue weighted by molar-refractivity contribution is -0.870. The van der Waals surface area contributed by atoms with Crippen molar-refractivity contribution < 1.29 is 42.9 Å². The topological polar surface area (TPSA) is 111 Å². The minimum atomic E-state index is -1.64. The first-order valence-corrected chi connectivity index (χ1v) is 33.6. The Morgan fingerprint density at radius 3 is 0.953 bits per heavy atom.